The van der Waals surface area contributed by atoms with Gasteiger partial charge in [-0.2, -0.15) is 0 Å². The number of nitrogens with zero attached hydrogens (tertiary/aromatic N) is 2. The van der Waals surface area contributed by atoms with Gasteiger partial charge in [0, 0.05) is 11.1 Å². The van der Waals surface area contributed by atoms with Crippen molar-refractivity contribution in [3.8, 4) is 0 Å². The lowest BCUT2D eigenvalue weighted by Gasteiger charge is -2.09. The average molecular weight is 445 g/mol. The third-order valence-corrected chi connectivity index (χ3v) is 7.49. The van der Waals surface area contributed by atoms with Gasteiger partial charge in [0.2, 0.25) is 5.91 Å². The lowest BCUT2D eigenvalue weighted by Crippen LogP contribution is -2.13. The van der Waals surface area contributed by atoms with Gasteiger partial charge in [-0.1, -0.05) is 29.2 Å². The first-order chi connectivity index (χ1) is 13.8. The van der Waals surface area contributed by atoms with E-state index in [9.17, 15) is 9.59 Å². The Morgan fingerprint density at radius 3 is 2.69 bits per heavy atom. The van der Waals surface area contributed by atoms with E-state index < -0.39 is 5.91 Å². The van der Waals surface area contributed by atoms with Crippen LogP contribution in [0, 0.1) is 20.8 Å². The molecule has 0 atom stereocenters. The summed E-state index contributed by atoms with van der Waals surface area (Å²) < 4.78 is 0.856. The molecule has 9 heteroatoms. The number of aromatic nitrogens is 2. The van der Waals surface area contributed by atoms with Crippen LogP contribution in [0.25, 0.3) is 0 Å². The maximum atomic E-state index is 12.9. The molecule has 150 valence electrons. The summed E-state index contributed by atoms with van der Waals surface area (Å²) in [5, 5.41) is 3.95. The summed E-state index contributed by atoms with van der Waals surface area (Å²) in [5.41, 5.74) is 8.85. The third-order valence-electron chi connectivity index (χ3n) is 4.03. The molecular formula is C20H20N4O2S3. The molecule has 3 aromatic rings. The summed E-state index contributed by atoms with van der Waals surface area (Å²) in [6.45, 7) is 5.96. The van der Waals surface area contributed by atoms with Gasteiger partial charge >= 0.3 is 0 Å². The zero-order valence-corrected chi connectivity index (χ0v) is 18.6. The van der Waals surface area contributed by atoms with Crippen molar-refractivity contribution >= 4 is 51.8 Å². The molecular weight excluding hydrogens is 424 g/mol. The van der Waals surface area contributed by atoms with Gasteiger partial charge in [-0.3, -0.25) is 14.9 Å². The van der Waals surface area contributed by atoms with Crippen molar-refractivity contribution in [3.63, 3.8) is 0 Å². The Balaban J connectivity index is 1.77. The zero-order chi connectivity index (χ0) is 21.0. The quantitative estimate of drug-likeness (QED) is 0.523. The van der Waals surface area contributed by atoms with Crippen molar-refractivity contribution in [2.45, 2.75) is 34.9 Å². The monoisotopic (exact) mass is 444 g/mol. The summed E-state index contributed by atoms with van der Waals surface area (Å²) in [7, 11) is 0. The van der Waals surface area contributed by atoms with E-state index in [0.717, 1.165) is 14.8 Å². The Morgan fingerprint density at radius 2 is 1.97 bits per heavy atom. The van der Waals surface area contributed by atoms with Gasteiger partial charge in [0.1, 0.15) is 5.03 Å². The summed E-state index contributed by atoms with van der Waals surface area (Å²) in [4.78, 5) is 33.6. The molecule has 0 aliphatic carbocycles. The second-order valence-corrected chi connectivity index (χ2v) is 9.61. The second kappa shape index (κ2) is 9.43. The average Bonchev–Trinajstić information content (AvgIpc) is 3.02. The predicted molar refractivity (Wildman–Crippen MR) is 119 cm³/mol. The minimum absolute atomic E-state index is 0.176. The van der Waals surface area contributed by atoms with Gasteiger partial charge in [-0.25, -0.2) is 9.97 Å². The molecule has 0 bridgehead atoms. The minimum Gasteiger partial charge on any atom is -0.369 e. The fourth-order valence-corrected chi connectivity index (χ4v) is 5.26. The largest absolute Gasteiger partial charge is 0.369 e. The number of pyridine rings is 1. The van der Waals surface area contributed by atoms with Crippen LogP contribution in [-0.2, 0) is 4.79 Å². The lowest BCUT2D eigenvalue weighted by atomic mass is 10.1. The highest BCUT2D eigenvalue weighted by Crippen LogP contribution is 2.33. The SMILES string of the molecule is Cc1ccc(Sc2ncccc2C(=O)Nc2nc(C)c(SCC(N)=O)s2)cc1C. The van der Waals surface area contributed by atoms with Gasteiger partial charge in [-0.05, 0) is 56.2 Å². The molecule has 6 nitrogen and oxygen atoms in total. The number of thiazole rings is 1. The number of hydrogen-bond donors (Lipinski definition) is 2. The van der Waals surface area contributed by atoms with Crippen LogP contribution < -0.4 is 11.1 Å². The van der Waals surface area contributed by atoms with E-state index in [4.69, 9.17) is 5.73 Å². The van der Waals surface area contributed by atoms with Crippen molar-refractivity contribution in [1.82, 2.24) is 9.97 Å². The van der Waals surface area contributed by atoms with Crippen LogP contribution in [0.5, 0.6) is 0 Å². The molecule has 2 aromatic heterocycles. The van der Waals surface area contributed by atoms with Crippen molar-refractivity contribution < 1.29 is 9.59 Å². The van der Waals surface area contributed by atoms with E-state index in [-0.39, 0.29) is 11.7 Å². The molecule has 0 saturated carbocycles. The van der Waals surface area contributed by atoms with E-state index in [2.05, 4.69) is 41.3 Å². The fourth-order valence-electron chi connectivity index (χ4n) is 2.40. The first-order valence-electron chi connectivity index (χ1n) is 8.73. The van der Waals surface area contributed by atoms with E-state index >= 15 is 0 Å². The minimum atomic E-state index is -0.392. The number of nitrogens with two attached hydrogens (primary N) is 1. The van der Waals surface area contributed by atoms with E-state index in [1.54, 1.807) is 18.3 Å². The molecule has 3 N–H and O–H groups in total. The molecule has 0 saturated heterocycles. The van der Waals surface area contributed by atoms with E-state index in [1.807, 2.05) is 13.0 Å². The number of thioether (sulfide) groups is 1. The molecule has 0 unspecified atom stereocenters. The van der Waals surface area contributed by atoms with Gasteiger partial charge in [0.15, 0.2) is 5.13 Å². The van der Waals surface area contributed by atoms with Gasteiger partial charge in [-0.15, -0.1) is 11.8 Å². The molecule has 3 rings (SSSR count). The number of rotatable bonds is 7. The Morgan fingerprint density at radius 1 is 1.17 bits per heavy atom. The highest BCUT2D eigenvalue weighted by molar-refractivity contribution is 8.01. The molecule has 0 fully saturated rings. The first-order valence-corrected chi connectivity index (χ1v) is 11.4. The molecule has 1 aromatic carbocycles. The fraction of sp³-hybridized carbons (Fsp3) is 0.200. The Kier molecular flexibility index (Phi) is 6.94. The van der Waals surface area contributed by atoms with Crippen molar-refractivity contribution in [3.05, 3.63) is 58.9 Å². The molecule has 29 heavy (non-hydrogen) atoms. The summed E-state index contributed by atoms with van der Waals surface area (Å²) in [5.74, 6) is -0.489. The molecule has 2 amide bonds. The number of benzene rings is 1. The number of carbonyl (C=O) groups is 2. The molecule has 0 radical (unpaired) electrons. The van der Waals surface area contributed by atoms with Crippen molar-refractivity contribution in [2.75, 3.05) is 11.1 Å². The second-order valence-electron chi connectivity index (χ2n) is 6.31. The molecule has 0 spiro atoms. The standard InChI is InChI=1S/C20H20N4O2S3/c1-11-6-7-14(9-12(11)2)28-18-15(5-4-8-22-18)17(26)24-20-23-13(3)19(29-20)27-10-16(21)25/h4-9H,10H2,1-3H3,(H2,21,25)(H,23,24,26). The normalized spacial score (nSPS) is 10.7. The van der Waals surface area contributed by atoms with Crippen molar-refractivity contribution in [1.29, 1.82) is 0 Å². The number of carbonyl (C=O) groups excluding carboxylic acids is 2. The third kappa shape index (κ3) is 5.59. The zero-order valence-electron chi connectivity index (χ0n) is 16.2. The first kappa shape index (κ1) is 21.4. The number of nitrogens with one attached hydrogen (secondary N) is 1. The van der Waals surface area contributed by atoms with Crippen molar-refractivity contribution in [2.24, 2.45) is 5.73 Å². The topological polar surface area (TPSA) is 98.0 Å². The van der Waals surface area contributed by atoms with Crippen LogP contribution in [0.4, 0.5) is 5.13 Å². The smallest absolute Gasteiger partial charge is 0.260 e. The summed E-state index contributed by atoms with van der Waals surface area (Å²) in [6.07, 6.45) is 1.67. The van der Waals surface area contributed by atoms with Crippen LogP contribution in [0.2, 0.25) is 0 Å². The van der Waals surface area contributed by atoms with Crippen LogP contribution in [0.3, 0.4) is 0 Å². The maximum absolute atomic E-state index is 12.9. The van der Waals surface area contributed by atoms with Crippen LogP contribution >= 0.6 is 34.9 Å². The lowest BCUT2D eigenvalue weighted by molar-refractivity contribution is -0.115. The van der Waals surface area contributed by atoms with Crippen LogP contribution in [0.15, 0.2) is 50.7 Å². The number of hydrogen-bond acceptors (Lipinski definition) is 7. The Labute approximate surface area is 181 Å². The van der Waals surface area contributed by atoms with Crippen LogP contribution in [-0.4, -0.2) is 27.5 Å². The Bertz CT molecular complexity index is 1070. The molecule has 2 heterocycles. The molecule has 0 aliphatic heterocycles. The number of anilines is 1. The van der Waals surface area contributed by atoms with Crippen LogP contribution in [0.1, 0.15) is 27.2 Å². The number of primary amides is 1. The molecule has 0 aliphatic rings. The summed E-state index contributed by atoms with van der Waals surface area (Å²) in [6, 6.07) is 9.65. The van der Waals surface area contributed by atoms with Gasteiger partial charge < -0.3 is 5.73 Å². The van der Waals surface area contributed by atoms with E-state index in [1.165, 1.54) is 46.0 Å². The van der Waals surface area contributed by atoms with Gasteiger partial charge in [0.05, 0.1) is 21.2 Å². The Hall–Kier alpha value is -2.36. The number of amides is 2. The maximum Gasteiger partial charge on any atom is 0.260 e. The number of aryl methyl sites for hydroxylation is 3. The summed E-state index contributed by atoms with van der Waals surface area (Å²) >= 11 is 4.09. The highest BCUT2D eigenvalue weighted by Gasteiger charge is 2.17. The van der Waals surface area contributed by atoms with E-state index in [0.29, 0.717) is 15.7 Å². The van der Waals surface area contributed by atoms with Gasteiger partial charge in [0.25, 0.3) is 5.91 Å². The predicted octanol–water partition coefficient (Wildman–Crippen LogP) is 4.44. The highest BCUT2D eigenvalue weighted by atomic mass is 32.2.